The Kier molecular flexibility index (Phi) is 2.16. The predicted octanol–water partition coefficient (Wildman–Crippen LogP) is 2.26. The van der Waals surface area contributed by atoms with Crippen LogP contribution in [0.2, 0.25) is 0 Å². The van der Waals surface area contributed by atoms with Gasteiger partial charge in [-0.1, -0.05) is 6.07 Å². The van der Waals surface area contributed by atoms with Gasteiger partial charge in [-0.15, -0.1) is 0 Å². The van der Waals surface area contributed by atoms with E-state index < -0.39 is 0 Å². The van der Waals surface area contributed by atoms with Crippen molar-refractivity contribution in [2.24, 2.45) is 0 Å². The summed E-state index contributed by atoms with van der Waals surface area (Å²) >= 11 is 2.00. The largest absolute Gasteiger partial charge is 0.221 e. The smallest absolute Gasteiger partial charge is 0.155 e. The van der Waals surface area contributed by atoms with Gasteiger partial charge < -0.3 is 0 Å². The molecule has 78 valence electrons. The minimum Gasteiger partial charge on any atom is -0.221 e. The van der Waals surface area contributed by atoms with Crippen LogP contribution in [0.4, 0.5) is 0 Å². The molecule has 0 bridgehead atoms. The Morgan fingerprint density at radius 1 is 1.47 bits per heavy atom. The Morgan fingerprint density at radius 3 is 3.20 bits per heavy atom. The molecular formula is C11H13N3S. The van der Waals surface area contributed by atoms with Crippen molar-refractivity contribution in [3.63, 3.8) is 0 Å². The van der Waals surface area contributed by atoms with Gasteiger partial charge in [-0.3, -0.25) is 0 Å². The van der Waals surface area contributed by atoms with E-state index in [0.717, 1.165) is 11.5 Å². The van der Waals surface area contributed by atoms with Gasteiger partial charge >= 0.3 is 0 Å². The lowest BCUT2D eigenvalue weighted by atomic mass is 10.1. The molecule has 0 saturated carbocycles. The van der Waals surface area contributed by atoms with Gasteiger partial charge in [-0.05, 0) is 30.7 Å². The van der Waals surface area contributed by atoms with E-state index in [1.807, 2.05) is 28.5 Å². The molecule has 15 heavy (non-hydrogen) atoms. The van der Waals surface area contributed by atoms with Crippen molar-refractivity contribution in [3.05, 3.63) is 29.7 Å². The normalized spacial score (nSPS) is 21.3. The molecule has 2 aromatic heterocycles. The van der Waals surface area contributed by atoms with Gasteiger partial charge in [0.1, 0.15) is 0 Å². The maximum Gasteiger partial charge on any atom is 0.155 e. The highest BCUT2D eigenvalue weighted by Gasteiger charge is 2.21. The van der Waals surface area contributed by atoms with Crippen molar-refractivity contribution in [3.8, 4) is 0 Å². The summed E-state index contributed by atoms with van der Waals surface area (Å²) < 4.78 is 1.90. The van der Waals surface area contributed by atoms with Crippen molar-refractivity contribution in [2.75, 3.05) is 11.5 Å². The first-order valence-corrected chi connectivity index (χ1v) is 6.39. The average Bonchev–Trinajstić information content (AvgIpc) is 2.84. The molecule has 1 saturated heterocycles. The van der Waals surface area contributed by atoms with E-state index >= 15 is 0 Å². The van der Waals surface area contributed by atoms with E-state index in [2.05, 4.69) is 23.1 Å². The summed E-state index contributed by atoms with van der Waals surface area (Å²) in [5, 5.41) is 4.55. The number of pyridine rings is 1. The molecule has 1 unspecified atom stereocenters. The summed E-state index contributed by atoms with van der Waals surface area (Å²) in [6.07, 6.45) is 3.26. The van der Waals surface area contributed by atoms with E-state index in [4.69, 9.17) is 0 Å². The molecule has 0 radical (unpaired) electrons. The van der Waals surface area contributed by atoms with Gasteiger partial charge in [0.05, 0.1) is 0 Å². The molecule has 1 aliphatic heterocycles. The van der Waals surface area contributed by atoms with E-state index in [-0.39, 0.29) is 0 Å². The van der Waals surface area contributed by atoms with E-state index in [1.54, 1.807) is 0 Å². The summed E-state index contributed by atoms with van der Waals surface area (Å²) in [4.78, 5) is 4.57. The zero-order chi connectivity index (χ0) is 10.3. The van der Waals surface area contributed by atoms with Crippen LogP contribution in [0.25, 0.3) is 5.65 Å². The highest BCUT2D eigenvalue weighted by atomic mass is 32.2. The zero-order valence-corrected chi connectivity index (χ0v) is 9.50. The van der Waals surface area contributed by atoms with Gasteiger partial charge in [-0.25, -0.2) is 9.50 Å². The molecule has 1 aliphatic rings. The highest BCUT2D eigenvalue weighted by molar-refractivity contribution is 7.99. The number of hydrogen-bond acceptors (Lipinski definition) is 3. The fourth-order valence-corrected chi connectivity index (χ4v) is 3.13. The predicted molar refractivity (Wildman–Crippen MR) is 62.4 cm³/mol. The first kappa shape index (κ1) is 9.21. The summed E-state index contributed by atoms with van der Waals surface area (Å²) in [6.45, 7) is 2.08. The lowest BCUT2D eigenvalue weighted by Gasteiger charge is -1.99. The third-order valence-electron chi connectivity index (χ3n) is 2.79. The van der Waals surface area contributed by atoms with Gasteiger partial charge in [0.15, 0.2) is 11.5 Å². The molecule has 2 aromatic rings. The zero-order valence-electron chi connectivity index (χ0n) is 8.68. The van der Waals surface area contributed by atoms with Crippen LogP contribution in [0.15, 0.2) is 18.3 Å². The molecule has 0 aromatic carbocycles. The molecule has 3 heterocycles. The van der Waals surface area contributed by atoms with Gasteiger partial charge in [0.2, 0.25) is 0 Å². The van der Waals surface area contributed by atoms with Crippen LogP contribution in [0.5, 0.6) is 0 Å². The maximum absolute atomic E-state index is 4.57. The molecular weight excluding hydrogens is 206 g/mol. The summed E-state index contributed by atoms with van der Waals surface area (Å²) in [5.74, 6) is 4.01. The Labute approximate surface area is 92.9 Å². The third kappa shape index (κ3) is 1.63. The molecule has 1 atom stereocenters. The standard InChI is InChI=1S/C11H13N3S/c1-8-2-3-10-12-11(13-14(10)6-8)9-4-5-15-7-9/h2-3,6,9H,4-5,7H2,1H3. The topological polar surface area (TPSA) is 30.2 Å². The molecule has 1 fully saturated rings. The molecule has 0 N–H and O–H groups in total. The second-order valence-electron chi connectivity index (χ2n) is 4.04. The second kappa shape index (κ2) is 3.52. The van der Waals surface area contributed by atoms with E-state index in [0.29, 0.717) is 5.92 Å². The van der Waals surface area contributed by atoms with Crippen molar-refractivity contribution in [1.82, 2.24) is 14.6 Å². The lowest BCUT2D eigenvalue weighted by molar-refractivity contribution is 0.712. The number of aromatic nitrogens is 3. The van der Waals surface area contributed by atoms with Gasteiger partial charge in [-0.2, -0.15) is 16.9 Å². The van der Waals surface area contributed by atoms with Crippen molar-refractivity contribution in [1.29, 1.82) is 0 Å². The monoisotopic (exact) mass is 219 g/mol. The molecule has 3 rings (SSSR count). The van der Waals surface area contributed by atoms with Gasteiger partial charge in [0, 0.05) is 17.9 Å². The quantitative estimate of drug-likeness (QED) is 0.737. The van der Waals surface area contributed by atoms with Crippen molar-refractivity contribution in [2.45, 2.75) is 19.3 Å². The Hall–Kier alpha value is -1.03. The van der Waals surface area contributed by atoms with Crippen LogP contribution >= 0.6 is 11.8 Å². The Morgan fingerprint density at radius 2 is 2.40 bits per heavy atom. The minimum atomic E-state index is 0.565. The fourth-order valence-electron chi connectivity index (χ4n) is 1.91. The number of nitrogens with zero attached hydrogens (tertiary/aromatic N) is 3. The molecule has 0 aliphatic carbocycles. The number of thioether (sulfide) groups is 1. The Balaban J connectivity index is 2.05. The van der Waals surface area contributed by atoms with E-state index in [9.17, 15) is 0 Å². The first-order valence-electron chi connectivity index (χ1n) is 5.23. The van der Waals surface area contributed by atoms with Crippen LogP contribution in [-0.2, 0) is 0 Å². The van der Waals surface area contributed by atoms with Crippen LogP contribution < -0.4 is 0 Å². The van der Waals surface area contributed by atoms with Crippen molar-refractivity contribution >= 4 is 17.4 Å². The summed E-state index contributed by atoms with van der Waals surface area (Å²) in [7, 11) is 0. The van der Waals surface area contributed by atoms with Crippen LogP contribution in [-0.4, -0.2) is 26.1 Å². The molecule has 4 heteroatoms. The summed E-state index contributed by atoms with van der Waals surface area (Å²) in [5.41, 5.74) is 2.19. The Bertz CT molecular complexity index is 486. The SMILES string of the molecule is Cc1ccc2nc(C3CCSC3)nn2c1. The molecule has 3 nitrogen and oxygen atoms in total. The lowest BCUT2D eigenvalue weighted by Crippen LogP contribution is -1.99. The highest BCUT2D eigenvalue weighted by Crippen LogP contribution is 2.30. The number of aryl methyl sites for hydroxylation is 1. The molecule has 0 spiro atoms. The summed E-state index contributed by atoms with van der Waals surface area (Å²) in [6, 6.07) is 4.12. The maximum atomic E-state index is 4.57. The fraction of sp³-hybridized carbons (Fsp3) is 0.455. The number of fused-ring (bicyclic) bond motifs is 1. The second-order valence-corrected chi connectivity index (χ2v) is 5.19. The van der Waals surface area contributed by atoms with Crippen molar-refractivity contribution < 1.29 is 0 Å². The van der Waals surface area contributed by atoms with Crippen LogP contribution in [0.3, 0.4) is 0 Å². The number of rotatable bonds is 1. The van der Waals surface area contributed by atoms with Crippen LogP contribution in [0.1, 0.15) is 23.7 Å². The van der Waals surface area contributed by atoms with Gasteiger partial charge in [0.25, 0.3) is 0 Å². The minimum absolute atomic E-state index is 0.565. The molecule has 0 amide bonds. The van der Waals surface area contributed by atoms with E-state index in [1.165, 1.54) is 23.5 Å². The number of hydrogen-bond donors (Lipinski definition) is 0. The third-order valence-corrected chi connectivity index (χ3v) is 3.95. The van der Waals surface area contributed by atoms with Crippen LogP contribution in [0, 0.1) is 6.92 Å². The first-order chi connectivity index (χ1) is 7.33. The average molecular weight is 219 g/mol.